The van der Waals surface area contributed by atoms with E-state index in [9.17, 15) is 0 Å². The second kappa shape index (κ2) is 8.77. The first-order valence-corrected chi connectivity index (χ1v) is 8.16. The maximum absolute atomic E-state index is 8.98. The van der Waals surface area contributed by atoms with Crippen LogP contribution >= 0.6 is 0 Å². The summed E-state index contributed by atoms with van der Waals surface area (Å²) in [5, 5.41) is 8.98. The summed E-state index contributed by atoms with van der Waals surface area (Å²) in [6.07, 6.45) is 3.01. The predicted molar refractivity (Wildman–Crippen MR) is 88.7 cm³/mol. The molecule has 1 aromatic carbocycles. The molecule has 0 unspecified atom stereocenters. The van der Waals surface area contributed by atoms with E-state index in [-0.39, 0.29) is 5.92 Å². The Labute approximate surface area is 134 Å². The Balaban J connectivity index is 1.84. The quantitative estimate of drug-likeness (QED) is 0.726. The van der Waals surface area contributed by atoms with Gasteiger partial charge in [0.2, 0.25) is 0 Å². The molecule has 22 heavy (non-hydrogen) atoms. The number of rotatable bonds is 7. The largest absolute Gasteiger partial charge is 0.493 e. The monoisotopic (exact) mass is 301 g/mol. The van der Waals surface area contributed by atoms with E-state index in [0.29, 0.717) is 0 Å². The van der Waals surface area contributed by atoms with Crippen LogP contribution in [0.25, 0.3) is 0 Å². The molecule has 0 amide bonds. The SMILES string of the molecule is CN(C)CCCOc1ccccc1CN1CCC(C#N)CC1. The van der Waals surface area contributed by atoms with Crippen molar-refractivity contribution in [3.8, 4) is 11.8 Å². The zero-order valence-electron chi connectivity index (χ0n) is 13.8. The molecule has 1 saturated heterocycles. The van der Waals surface area contributed by atoms with Crippen LogP contribution in [0, 0.1) is 17.2 Å². The van der Waals surface area contributed by atoms with Gasteiger partial charge in [0.25, 0.3) is 0 Å². The van der Waals surface area contributed by atoms with Crippen LogP contribution in [-0.4, -0.2) is 50.1 Å². The number of nitriles is 1. The van der Waals surface area contributed by atoms with E-state index >= 15 is 0 Å². The van der Waals surface area contributed by atoms with Gasteiger partial charge in [0.1, 0.15) is 5.75 Å². The second-order valence-corrected chi connectivity index (χ2v) is 6.29. The van der Waals surface area contributed by atoms with Gasteiger partial charge in [-0.2, -0.15) is 5.26 Å². The predicted octanol–water partition coefficient (Wildman–Crippen LogP) is 2.75. The molecule has 0 spiro atoms. The van der Waals surface area contributed by atoms with Crippen LogP contribution in [0.5, 0.6) is 5.75 Å². The van der Waals surface area contributed by atoms with E-state index < -0.39 is 0 Å². The van der Waals surface area contributed by atoms with Crippen molar-refractivity contribution < 1.29 is 4.74 Å². The average Bonchev–Trinajstić information content (AvgIpc) is 2.53. The van der Waals surface area contributed by atoms with Crippen molar-refractivity contribution in [1.29, 1.82) is 5.26 Å². The van der Waals surface area contributed by atoms with Crippen LogP contribution in [-0.2, 0) is 6.54 Å². The smallest absolute Gasteiger partial charge is 0.123 e. The highest BCUT2D eigenvalue weighted by atomic mass is 16.5. The lowest BCUT2D eigenvalue weighted by Gasteiger charge is -2.29. The van der Waals surface area contributed by atoms with Crippen LogP contribution in [0.4, 0.5) is 0 Å². The summed E-state index contributed by atoms with van der Waals surface area (Å²) in [5.41, 5.74) is 1.25. The van der Waals surface area contributed by atoms with E-state index in [1.54, 1.807) is 0 Å². The number of para-hydroxylation sites is 1. The lowest BCUT2D eigenvalue weighted by Crippen LogP contribution is -2.32. The first-order chi connectivity index (χ1) is 10.7. The summed E-state index contributed by atoms with van der Waals surface area (Å²) in [4.78, 5) is 4.60. The molecule has 0 atom stereocenters. The molecule has 0 bridgehead atoms. The Morgan fingerprint density at radius 1 is 1.27 bits per heavy atom. The van der Waals surface area contributed by atoms with Gasteiger partial charge in [0, 0.05) is 24.6 Å². The summed E-state index contributed by atoms with van der Waals surface area (Å²) in [6, 6.07) is 10.7. The van der Waals surface area contributed by atoms with Crippen LogP contribution in [0.1, 0.15) is 24.8 Å². The van der Waals surface area contributed by atoms with Crippen molar-refractivity contribution in [2.45, 2.75) is 25.8 Å². The highest BCUT2D eigenvalue weighted by Crippen LogP contribution is 2.23. The van der Waals surface area contributed by atoms with Gasteiger partial charge in [0.15, 0.2) is 0 Å². The van der Waals surface area contributed by atoms with E-state index in [2.05, 4.69) is 48.2 Å². The number of likely N-dealkylation sites (tertiary alicyclic amines) is 1. The summed E-state index contributed by atoms with van der Waals surface area (Å²) in [6.45, 7) is 4.73. The fourth-order valence-electron chi connectivity index (χ4n) is 2.80. The lowest BCUT2D eigenvalue weighted by molar-refractivity contribution is 0.194. The maximum Gasteiger partial charge on any atom is 0.123 e. The summed E-state index contributed by atoms with van der Waals surface area (Å²) in [5.74, 6) is 1.25. The number of piperidine rings is 1. The molecule has 1 aromatic rings. The minimum atomic E-state index is 0.244. The molecule has 0 N–H and O–H groups in total. The Bertz CT molecular complexity index is 487. The van der Waals surface area contributed by atoms with Gasteiger partial charge in [0.05, 0.1) is 12.7 Å². The molecule has 120 valence electrons. The Kier molecular flexibility index (Phi) is 6.70. The molecular weight excluding hydrogens is 274 g/mol. The molecule has 0 aliphatic carbocycles. The molecule has 2 rings (SSSR count). The number of nitrogens with zero attached hydrogens (tertiary/aromatic N) is 3. The zero-order valence-corrected chi connectivity index (χ0v) is 13.8. The van der Waals surface area contributed by atoms with Gasteiger partial charge < -0.3 is 9.64 Å². The standard InChI is InChI=1S/C18H27N3O/c1-20(2)10-5-13-22-18-7-4-3-6-17(18)15-21-11-8-16(14-19)9-12-21/h3-4,6-7,16H,5,8-13,15H2,1-2H3. The molecule has 4 nitrogen and oxygen atoms in total. The summed E-state index contributed by atoms with van der Waals surface area (Å²) in [7, 11) is 4.16. The third-order valence-corrected chi connectivity index (χ3v) is 4.14. The first-order valence-electron chi connectivity index (χ1n) is 8.16. The molecule has 1 aliphatic rings. The minimum absolute atomic E-state index is 0.244. The molecule has 1 heterocycles. The van der Waals surface area contributed by atoms with Gasteiger partial charge >= 0.3 is 0 Å². The van der Waals surface area contributed by atoms with Crippen molar-refractivity contribution in [1.82, 2.24) is 9.80 Å². The van der Waals surface area contributed by atoms with Gasteiger partial charge in [-0.25, -0.2) is 0 Å². The Hall–Kier alpha value is -1.57. The van der Waals surface area contributed by atoms with E-state index in [0.717, 1.165) is 57.8 Å². The van der Waals surface area contributed by atoms with Crippen molar-refractivity contribution >= 4 is 0 Å². The lowest BCUT2D eigenvalue weighted by atomic mass is 9.98. The van der Waals surface area contributed by atoms with Crippen LogP contribution in [0.15, 0.2) is 24.3 Å². The molecule has 0 radical (unpaired) electrons. The Morgan fingerprint density at radius 3 is 2.68 bits per heavy atom. The Morgan fingerprint density at radius 2 is 2.00 bits per heavy atom. The van der Waals surface area contributed by atoms with E-state index in [1.807, 2.05) is 6.07 Å². The first kappa shape index (κ1) is 16.8. The van der Waals surface area contributed by atoms with Crippen LogP contribution in [0.3, 0.4) is 0 Å². The van der Waals surface area contributed by atoms with Gasteiger partial charge in [-0.1, -0.05) is 18.2 Å². The number of hydrogen-bond acceptors (Lipinski definition) is 4. The number of ether oxygens (including phenoxy) is 1. The highest BCUT2D eigenvalue weighted by molar-refractivity contribution is 5.33. The molecule has 0 saturated carbocycles. The minimum Gasteiger partial charge on any atom is -0.493 e. The third-order valence-electron chi connectivity index (χ3n) is 4.14. The summed E-state index contributed by atoms with van der Waals surface area (Å²) < 4.78 is 5.97. The van der Waals surface area contributed by atoms with Crippen molar-refractivity contribution in [3.05, 3.63) is 29.8 Å². The fraction of sp³-hybridized carbons (Fsp3) is 0.611. The van der Waals surface area contributed by atoms with Crippen molar-refractivity contribution in [2.75, 3.05) is 40.3 Å². The number of benzene rings is 1. The molecule has 1 aliphatic heterocycles. The average molecular weight is 301 g/mol. The van der Waals surface area contributed by atoms with E-state index in [4.69, 9.17) is 10.00 Å². The zero-order chi connectivity index (χ0) is 15.8. The van der Waals surface area contributed by atoms with E-state index in [1.165, 1.54) is 5.56 Å². The molecule has 0 aromatic heterocycles. The normalized spacial score (nSPS) is 16.6. The third kappa shape index (κ3) is 5.32. The van der Waals surface area contributed by atoms with Gasteiger partial charge in [-0.05, 0) is 52.5 Å². The van der Waals surface area contributed by atoms with Gasteiger partial charge in [-0.15, -0.1) is 0 Å². The molecular formula is C18H27N3O. The molecule has 1 fully saturated rings. The van der Waals surface area contributed by atoms with Crippen LogP contribution < -0.4 is 4.74 Å². The summed E-state index contributed by atoms with van der Waals surface area (Å²) >= 11 is 0. The number of hydrogen-bond donors (Lipinski definition) is 0. The maximum atomic E-state index is 8.98. The van der Waals surface area contributed by atoms with Crippen molar-refractivity contribution in [2.24, 2.45) is 5.92 Å². The van der Waals surface area contributed by atoms with Crippen molar-refractivity contribution in [3.63, 3.8) is 0 Å². The van der Waals surface area contributed by atoms with Gasteiger partial charge in [-0.3, -0.25) is 4.90 Å². The topological polar surface area (TPSA) is 39.5 Å². The molecule has 4 heteroatoms. The highest BCUT2D eigenvalue weighted by Gasteiger charge is 2.19. The van der Waals surface area contributed by atoms with Crippen LogP contribution in [0.2, 0.25) is 0 Å². The fourth-order valence-corrected chi connectivity index (χ4v) is 2.80. The second-order valence-electron chi connectivity index (χ2n) is 6.29.